The van der Waals surface area contributed by atoms with E-state index >= 15 is 0 Å². The number of carbonyl (C=O) groups is 1. The number of para-hydroxylation sites is 2. The third kappa shape index (κ3) is 4.31. The van der Waals surface area contributed by atoms with E-state index in [1.54, 1.807) is 25.1 Å². The van der Waals surface area contributed by atoms with E-state index in [1.807, 2.05) is 6.07 Å². The van der Waals surface area contributed by atoms with Crippen LogP contribution in [0.15, 0.2) is 36.4 Å². The van der Waals surface area contributed by atoms with Gasteiger partial charge in [0.25, 0.3) is 0 Å². The third-order valence-electron chi connectivity index (χ3n) is 2.16. The molecule has 0 atom stereocenters. The van der Waals surface area contributed by atoms with Crippen LogP contribution in [-0.4, -0.2) is 12.6 Å². The number of unbranched alkanes of at least 4 members (excludes halogenated alkanes) is 1. The Balaban J connectivity index is 2.70. The van der Waals surface area contributed by atoms with Crippen molar-refractivity contribution in [3.8, 4) is 11.5 Å². The maximum absolute atomic E-state index is 11.4. The summed E-state index contributed by atoms with van der Waals surface area (Å²) < 4.78 is 10.7. The summed E-state index contributed by atoms with van der Waals surface area (Å²) >= 11 is 0. The monoisotopic (exact) mass is 234 g/mol. The van der Waals surface area contributed by atoms with Gasteiger partial charge in [0.05, 0.1) is 6.61 Å². The Bertz CT molecular complexity index is 396. The van der Waals surface area contributed by atoms with E-state index in [0.29, 0.717) is 23.7 Å². The van der Waals surface area contributed by atoms with Crippen LogP contribution in [0.2, 0.25) is 0 Å². The summed E-state index contributed by atoms with van der Waals surface area (Å²) in [5.74, 6) is 0.601. The summed E-state index contributed by atoms with van der Waals surface area (Å²) in [6.45, 7) is 7.87. The highest BCUT2D eigenvalue weighted by molar-refractivity contribution is 5.89. The second-order valence-electron chi connectivity index (χ2n) is 3.82. The van der Waals surface area contributed by atoms with E-state index in [4.69, 9.17) is 9.47 Å². The van der Waals surface area contributed by atoms with Gasteiger partial charge in [-0.15, -0.1) is 0 Å². The number of ether oxygens (including phenoxy) is 2. The lowest BCUT2D eigenvalue weighted by Crippen LogP contribution is -2.09. The van der Waals surface area contributed by atoms with Crippen LogP contribution < -0.4 is 9.47 Å². The first-order valence-electron chi connectivity index (χ1n) is 5.74. The SMILES string of the molecule is C=C(C)C(=O)Oc1ccccc1OCCCC. The Hall–Kier alpha value is -1.77. The molecule has 0 aliphatic carbocycles. The molecule has 92 valence electrons. The molecule has 0 radical (unpaired) electrons. The molecule has 0 bridgehead atoms. The Morgan fingerprint density at radius 1 is 1.29 bits per heavy atom. The molecule has 0 fully saturated rings. The van der Waals surface area contributed by atoms with E-state index in [-0.39, 0.29) is 0 Å². The van der Waals surface area contributed by atoms with E-state index in [2.05, 4.69) is 13.5 Å². The minimum Gasteiger partial charge on any atom is -0.490 e. The summed E-state index contributed by atoms with van der Waals surface area (Å²) in [6, 6.07) is 7.14. The first-order valence-corrected chi connectivity index (χ1v) is 5.74. The van der Waals surface area contributed by atoms with Crippen molar-refractivity contribution < 1.29 is 14.3 Å². The molecule has 0 spiro atoms. The topological polar surface area (TPSA) is 35.5 Å². The zero-order chi connectivity index (χ0) is 12.7. The maximum Gasteiger partial charge on any atom is 0.338 e. The van der Waals surface area contributed by atoms with E-state index < -0.39 is 5.97 Å². The summed E-state index contributed by atoms with van der Waals surface area (Å²) in [5, 5.41) is 0. The molecule has 1 aromatic rings. The highest BCUT2D eigenvalue weighted by Gasteiger charge is 2.09. The molecule has 0 aromatic heterocycles. The fourth-order valence-corrected chi connectivity index (χ4v) is 1.17. The van der Waals surface area contributed by atoms with Crippen molar-refractivity contribution in [3.05, 3.63) is 36.4 Å². The number of esters is 1. The van der Waals surface area contributed by atoms with Gasteiger partial charge in [-0.25, -0.2) is 4.79 Å². The zero-order valence-electron chi connectivity index (χ0n) is 10.4. The van der Waals surface area contributed by atoms with Crippen LogP contribution in [0, 0.1) is 0 Å². The first-order chi connectivity index (χ1) is 8.15. The minimum absolute atomic E-state index is 0.369. The Labute approximate surface area is 102 Å². The molecule has 0 amide bonds. The Morgan fingerprint density at radius 3 is 2.53 bits per heavy atom. The van der Waals surface area contributed by atoms with Crippen LogP contribution >= 0.6 is 0 Å². The van der Waals surface area contributed by atoms with Gasteiger partial charge in [-0.05, 0) is 25.5 Å². The summed E-state index contributed by atoms with van der Waals surface area (Å²) in [4.78, 5) is 11.4. The molecule has 0 saturated heterocycles. The molecular weight excluding hydrogens is 216 g/mol. The van der Waals surface area contributed by atoms with Crippen LogP contribution in [0.1, 0.15) is 26.7 Å². The van der Waals surface area contributed by atoms with Gasteiger partial charge in [0.1, 0.15) is 0 Å². The predicted molar refractivity (Wildman–Crippen MR) is 67.3 cm³/mol. The maximum atomic E-state index is 11.4. The van der Waals surface area contributed by atoms with Crippen molar-refractivity contribution in [3.63, 3.8) is 0 Å². The van der Waals surface area contributed by atoms with Gasteiger partial charge in [-0.3, -0.25) is 0 Å². The van der Waals surface area contributed by atoms with Crippen LogP contribution in [0.4, 0.5) is 0 Å². The lowest BCUT2D eigenvalue weighted by molar-refractivity contribution is -0.130. The molecule has 0 heterocycles. The molecule has 0 saturated carbocycles. The number of hydrogen-bond acceptors (Lipinski definition) is 3. The fourth-order valence-electron chi connectivity index (χ4n) is 1.17. The number of carbonyl (C=O) groups excluding carboxylic acids is 1. The highest BCUT2D eigenvalue weighted by Crippen LogP contribution is 2.27. The van der Waals surface area contributed by atoms with Gasteiger partial charge in [-0.1, -0.05) is 32.1 Å². The average Bonchev–Trinajstić information content (AvgIpc) is 2.31. The minimum atomic E-state index is -0.434. The lowest BCUT2D eigenvalue weighted by Gasteiger charge is -2.10. The quantitative estimate of drug-likeness (QED) is 0.328. The molecule has 0 unspecified atom stereocenters. The zero-order valence-corrected chi connectivity index (χ0v) is 10.4. The third-order valence-corrected chi connectivity index (χ3v) is 2.16. The summed E-state index contributed by atoms with van der Waals surface area (Å²) in [7, 11) is 0. The highest BCUT2D eigenvalue weighted by atomic mass is 16.6. The molecule has 0 N–H and O–H groups in total. The largest absolute Gasteiger partial charge is 0.490 e. The molecule has 1 aromatic carbocycles. The summed E-state index contributed by atoms with van der Waals surface area (Å²) in [6.07, 6.45) is 2.04. The van der Waals surface area contributed by atoms with Crippen LogP contribution in [0.5, 0.6) is 11.5 Å². The molecule has 3 nitrogen and oxygen atoms in total. The molecule has 1 rings (SSSR count). The number of benzene rings is 1. The normalized spacial score (nSPS) is 9.76. The van der Waals surface area contributed by atoms with Crippen LogP contribution in [0.3, 0.4) is 0 Å². The smallest absolute Gasteiger partial charge is 0.338 e. The second-order valence-corrected chi connectivity index (χ2v) is 3.82. The predicted octanol–water partition coefficient (Wildman–Crippen LogP) is 3.35. The number of hydrogen-bond donors (Lipinski definition) is 0. The van der Waals surface area contributed by atoms with Crippen molar-refractivity contribution in [1.29, 1.82) is 0 Å². The number of rotatable bonds is 6. The van der Waals surface area contributed by atoms with Crippen molar-refractivity contribution in [2.24, 2.45) is 0 Å². The lowest BCUT2D eigenvalue weighted by atomic mass is 10.3. The van der Waals surface area contributed by atoms with Gasteiger partial charge in [0.15, 0.2) is 11.5 Å². The molecule has 17 heavy (non-hydrogen) atoms. The molecular formula is C14H18O3. The first kappa shape index (κ1) is 13.3. The molecule has 0 aliphatic rings. The van der Waals surface area contributed by atoms with Gasteiger partial charge >= 0.3 is 5.97 Å². The van der Waals surface area contributed by atoms with Gasteiger partial charge in [0, 0.05) is 5.57 Å². The van der Waals surface area contributed by atoms with E-state index in [0.717, 1.165) is 12.8 Å². The Morgan fingerprint density at radius 2 is 1.94 bits per heavy atom. The van der Waals surface area contributed by atoms with Crippen LogP contribution in [0.25, 0.3) is 0 Å². The second kappa shape index (κ2) is 6.74. The average molecular weight is 234 g/mol. The van der Waals surface area contributed by atoms with E-state index in [1.165, 1.54) is 0 Å². The van der Waals surface area contributed by atoms with Gasteiger partial charge in [0.2, 0.25) is 0 Å². The fraction of sp³-hybridized carbons (Fsp3) is 0.357. The molecule has 0 aliphatic heterocycles. The van der Waals surface area contributed by atoms with Crippen molar-refractivity contribution in [1.82, 2.24) is 0 Å². The van der Waals surface area contributed by atoms with Crippen LogP contribution in [-0.2, 0) is 4.79 Å². The van der Waals surface area contributed by atoms with E-state index in [9.17, 15) is 4.79 Å². The van der Waals surface area contributed by atoms with Gasteiger partial charge < -0.3 is 9.47 Å². The van der Waals surface area contributed by atoms with Gasteiger partial charge in [-0.2, -0.15) is 0 Å². The molecule has 3 heteroatoms. The standard InChI is InChI=1S/C14H18O3/c1-4-5-10-16-12-8-6-7-9-13(12)17-14(15)11(2)3/h6-9H,2,4-5,10H2,1,3H3. The van der Waals surface area contributed by atoms with Crippen molar-refractivity contribution in [2.45, 2.75) is 26.7 Å². The van der Waals surface area contributed by atoms with Crippen molar-refractivity contribution >= 4 is 5.97 Å². The summed E-state index contributed by atoms with van der Waals surface area (Å²) in [5.41, 5.74) is 0.369. The Kier molecular flexibility index (Phi) is 5.27. The van der Waals surface area contributed by atoms with Crippen molar-refractivity contribution in [2.75, 3.05) is 6.61 Å².